The Labute approximate surface area is 132 Å². The van der Waals surface area contributed by atoms with Gasteiger partial charge in [0.2, 0.25) is 5.91 Å². The first-order valence-electron chi connectivity index (χ1n) is 5.66. The second kappa shape index (κ2) is 5.92. The summed E-state index contributed by atoms with van der Waals surface area (Å²) in [5.74, 6) is 0.174. The Morgan fingerprint density at radius 1 is 1.33 bits per heavy atom. The quantitative estimate of drug-likeness (QED) is 0.733. The molecular formula is C11H7Cl2N5O2S. The van der Waals surface area contributed by atoms with Gasteiger partial charge in [-0.3, -0.25) is 4.79 Å². The van der Waals surface area contributed by atoms with E-state index in [-0.39, 0.29) is 17.5 Å². The number of carbonyl (C=O) groups excluding carboxylic acids is 1. The lowest BCUT2D eigenvalue weighted by Crippen LogP contribution is -2.14. The predicted molar refractivity (Wildman–Crippen MR) is 78.9 cm³/mol. The Morgan fingerprint density at radius 2 is 2.10 bits per heavy atom. The molecule has 0 atom stereocenters. The van der Waals surface area contributed by atoms with Crippen LogP contribution in [0.15, 0.2) is 34.2 Å². The predicted octanol–water partition coefficient (Wildman–Crippen LogP) is 2.75. The Hall–Kier alpha value is -1.77. The van der Waals surface area contributed by atoms with E-state index in [2.05, 4.69) is 20.6 Å². The maximum Gasteiger partial charge on any atom is 0.345 e. The van der Waals surface area contributed by atoms with Crippen LogP contribution in [0.5, 0.6) is 0 Å². The molecule has 7 nitrogen and oxygen atoms in total. The number of thioether (sulfide) groups is 1. The van der Waals surface area contributed by atoms with E-state index in [1.165, 1.54) is 10.8 Å². The SMILES string of the molecule is O=C(CSc1nn2cnnc2o1)Nc1cc(Cl)cc(Cl)c1. The first-order chi connectivity index (χ1) is 10.1. The molecule has 2 heterocycles. The summed E-state index contributed by atoms with van der Waals surface area (Å²) in [5, 5.41) is 15.3. The molecule has 0 unspecified atom stereocenters. The van der Waals surface area contributed by atoms with Crippen LogP contribution in [-0.4, -0.2) is 31.5 Å². The highest BCUT2D eigenvalue weighted by atomic mass is 35.5. The van der Waals surface area contributed by atoms with Crippen LogP contribution in [0, 0.1) is 0 Å². The minimum atomic E-state index is -0.229. The first kappa shape index (κ1) is 14.2. The Bertz CT molecular complexity index is 754. The minimum Gasteiger partial charge on any atom is -0.396 e. The summed E-state index contributed by atoms with van der Waals surface area (Å²) in [5.41, 5.74) is 0.532. The Balaban J connectivity index is 1.60. The van der Waals surface area contributed by atoms with E-state index in [4.69, 9.17) is 27.6 Å². The number of carbonyl (C=O) groups is 1. The van der Waals surface area contributed by atoms with Gasteiger partial charge in [0.15, 0.2) is 0 Å². The van der Waals surface area contributed by atoms with Gasteiger partial charge in [-0.2, -0.15) is 4.52 Å². The number of nitrogens with zero attached hydrogens (tertiary/aromatic N) is 4. The summed E-state index contributed by atoms with van der Waals surface area (Å²) in [7, 11) is 0. The lowest BCUT2D eigenvalue weighted by atomic mass is 10.3. The van der Waals surface area contributed by atoms with Gasteiger partial charge in [0.25, 0.3) is 5.22 Å². The van der Waals surface area contributed by atoms with Crippen LogP contribution in [0.3, 0.4) is 0 Å². The van der Waals surface area contributed by atoms with E-state index in [1.54, 1.807) is 18.2 Å². The van der Waals surface area contributed by atoms with Crippen molar-refractivity contribution in [1.29, 1.82) is 0 Å². The highest BCUT2D eigenvalue weighted by molar-refractivity contribution is 7.99. The number of hydrogen-bond acceptors (Lipinski definition) is 6. The van der Waals surface area contributed by atoms with Crippen LogP contribution >= 0.6 is 35.0 Å². The van der Waals surface area contributed by atoms with Gasteiger partial charge in [-0.05, 0) is 18.2 Å². The Morgan fingerprint density at radius 3 is 2.81 bits per heavy atom. The largest absolute Gasteiger partial charge is 0.396 e. The van der Waals surface area contributed by atoms with Gasteiger partial charge in [-0.15, -0.1) is 10.2 Å². The minimum absolute atomic E-state index is 0.126. The second-order valence-corrected chi connectivity index (χ2v) is 5.72. The molecule has 1 aromatic carbocycles. The zero-order chi connectivity index (χ0) is 14.8. The third-order valence-corrected chi connectivity index (χ3v) is 3.60. The summed E-state index contributed by atoms with van der Waals surface area (Å²) in [6, 6.07) is 4.81. The number of aromatic nitrogens is 4. The summed E-state index contributed by atoms with van der Waals surface area (Å²) < 4.78 is 6.65. The highest BCUT2D eigenvalue weighted by Crippen LogP contribution is 2.23. The van der Waals surface area contributed by atoms with Crippen LogP contribution in [0.1, 0.15) is 0 Å². The molecule has 1 amide bonds. The number of nitrogens with one attached hydrogen (secondary N) is 1. The van der Waals surface area contributed by atoms with Crippen LogP contribution in [-0.2, 0) is 4.79 Å². The van der Waals surface area contributed by atoms with E-state index in [0.717, 1.165) is 11.8 Å². The fraction of sp³-hybridized carbons (Fsp3) is 0.0909. The number of rotatable bonds is 4. The molecule has 0 aliphatic rings. The van der Waals surface area contributed by atoms with E-state index >= 15 is 0 Å². The van der Waals surface area contributed by atoms with Crippen molar-refractivity contribution in [3.63, 3.8) is 0 Å². The first-order valence-corrected chi connectivity index (χ1v) is 7.40. The van der Waals surface area contributed by atoms with E-state index in [0.29, 0.717) is 21.0 Å². The van der Waals surface area contributed by atoms with Crippen molar-refractivity contribution in [1.82, 2.24) is 19.8 Å². The van der Waals surface area contributed by atoms with Gasteiger partial charge in [0.05, 0.1) is 5.75 Å². The zero-order valence-electron chi connectivity index (χ0n) is 10.3. The van der Waals surface area contributed by atoms with E-state index < -0.39 is 0 Å². The molecule has 1 N–H and O–H groups in total. The maximum absolute atomic E-state index is 11.8. The topological polar surface area (TPSA) is 85.3 Å². The number of hydrogen-bond donors (Lipinski definition) is 1. The van der Waals surface area contributed by atoms with Crippen LogP contribution in [0.2, 0.25) is 10.0 Å². The number of anilines is 1. The molecular weight excluding hydrogens is 337 g/mol. The zero-order valence-corrected chi connectivity index (χ0v) is 12.6. The third kappa shape index (κ3) is 3.46. The van der Waals surface area contributed by atoms with Crippen LogP contribution in [0.4, 0.5) is 5.69 Å². The van der Waals surface area contributed by atoms with Crippen molar-refractivity contribution in [3.8, 4) is 0 Å². The number of fused-ring (bicyclic) bond motifs is 1. The molecule has 0 spiro atoms. The average molecular weight is 344 g/mol. The van der Waals surface area contributed by atoms with Crippen molar-refractivity contribution in [3.05, 3.63) is 34.6 Å². The van der Waals surface area contributed by atoms with Gasteiger partial charge in [0, 0.05) is 15.7 Å². The van der Waals surface area contributed by atoms with Gasteiger partial charge in [-0.25, -0.2) is 0 Å². The molecule has 0 aliphatic carbocycles. The van der Waals surface area contributed by atoms with Crippen LogP contribution in [0.25, 0.3) is 5.84 Å². The monoisotopic (exact) mass is 343 g/mol. The lowest BCUT2D eigenvalue weighted by molar-refractivity contribution is -0.113. The molecule has 108 valence electrons. The summed E-state index contributed by atoms with van der Waals surface area (Å²) in [4.78, 5) is 11.8. The van der Waals surface area contributed by atoms with Gasteiger partial charge in [-0.1, -0.05) is 40.1 Å². The summed E-state index contributed by atoms with van der Waals surface area (Å²) in [6.45, 7) is 0. The average Bonchev–Trinajstić information content (AvgIpc) is 2.95. The van der Waals surface area contributed by atoms with Gasteiger partial charge in [0.1, 0.15) is 6.33 Å². The molecule has 0 aliphatic heterocycles. The summed E-state index contributed by atoms with van der Waals surface area (Å²) in [6.07, 6.45) is 1.41. The van der Waals surface area contributed by atoms with E-state index in [9.17, 15) is 4.79 Å². The molecule has 3 rings (SSSR count). The van der Waals surface area contributed by atoms with Crippen molar-refractivity contribution < 1.29 is 9.21 Å². The standard InChI is InChI=1S/C11H7Cl2N5O2S/c12-6-1-7(13)3-8(2-6)15-9(19)4-21-11-17-18-5-14-16-10(18)20-11/h1-3,5H,4H2,(H,15,19). The highest BCUT2D eigenvalue weighted by Gasteiger charge is 2.11. The fourth-order valence-electron chi connectivity index (χ4n) is 1.55. The second-order valence-electron chi connectivity index (χ2n) is 3.92. The molecule has 10 heteroatoms. The number of amides is 1. The normalized spacial score (nSPS) is 11.0. The molecule has 0 saturated heterocycles. The molecule has 0 fully saturated rings. The van der Waals surface area contributed by atoms with Crippen molar-refractivity contribution in [2.45, 2.75) is 5.22 Å². The molecule has 0 bridgehead atoms. The molecule has 2 aromatic heterocycles. The number of benzene rings is 1. The smallest absolute Gasteiger partial charge is 0.345 e. The maximum atomic E-state index is 11.8. The van der Waals surface area contributed by atoms with Crippen molar-refractivity contribution >= 4 is 52.4 Å². The fourth-order valence-corrected chi connectivity index (χ4v) is 2.68. The summed E-state index contributed by atoms with van der Waals surface area (Å²) >= 11 is 12.9. The lowest BCUT2D eigenvalue weighted by Gasteiger charge is -2.05. The van der Waals surface area contributed by atoms with E-state index in [1.807, 2.05) is 0 Å². The van der Waals surface area contributed by atoms with Gasteiger partial charge < -0.3 is 9.73 Å². The third-order valence-electron chi connectivity index (χ3n) is 2.34. The molecule has 0 radical (unpaired) electrons. The molecule has 0 saturated carbocycles. The van der Waals surface area contributed by atoms with Gasteiger partial charge >= 0.3 is 5.84 Å². The van der Waals surface area contributed by atoms with Crippen molar-refractivity contribution in [2.75, 3.05) is 11.1 Å². The number of halogens is 2. The van der Waals surface area contributed by atoms with Crippen LogP contribution < -0.4 is 5.32 Å². The molecule has 21 heavy (non-hydrogen) atoms. The molecule has 3 aromatic rings. The van der Waals surface area contributed by atoms with Crippen molar-refractivity contribution in [2.24, 2.45) is 0 Å². The Kier molecular flexibility index (Phi) is 4.00.